The molecule has 0 bridgehead atoms. The third-order valence-electron chi connectivity index (χ3n) is 3.76. The summed E-state index contributed by atoms with van der Waals surface area (Å²) in [7, 11) is 1.75. The van der Waals surface area contributed by atoms with E-state index in [1.807, 2.05) is 0 Å². The van der Waals surface area contributed by atoms with E-state index >= 15 is 0 Å². The van der Waals surface area contributed by atoms with Crippen LogP contribution in [-0.2, 0) is 4.74 Å². The lowest BCUT2D eigenvalue weighted by Crippen LogP contribution is -2.28. The molecule has 2 rings (SSSR count). The number of hydrogen-bond donors (Lipinski definition) is 1. The molecule has 138 valence electrons. The molecule has 1 aromatic carbocycles. The Labute approximate surface area is 153 Å². The van der Waals surface area contributed by atoms with Crippen LogP contribution in [0.1, 0.15) is 47.5 Å². The molecule has 1 heterocycles. The van der Waals surface area contributed by atoms with Gasteiger partial charge in [0.2, 0.25) is 0 Å². The number of unbranched alkanes of at least 4 members (excludes halogenated alkanes) is 1. The third kappa shape index (κ3) is 5.02. The molecule has 0 aliphatic rings. The van der Waals surface area contributed by atoms with E-state index in [0.717, 1.165) is 12.8 Å². The summed E-state index contributed by atoms with van der Waals surface area (Å²) >= 11 is 0. The van der Waals surface area contributed by atoms with Gasteiger partial charge in [0.25, 0.3) is 5.91 Å². The van der Waals surface area contributed by atoms with E-state index in [4.69, 9.17) is 4.74 Å². The predicted octanol–water partition coefficient (Wildman–Crippen LogP) is 3.27. The fourth-order valence-corrected chi connectivity index (χ4v) is 2.32. The zero-order chi connectivity index (χ0) is 18.9. The van der Waals surface area contributed by atoms with Crippen LogP contribution in [0, 0.1) is 0 Å². The molecule has 1 amide bonds. The fourth-order valence-electron chi connectivity index (χ4n) is 2.32. The van der Waals surface area contributed by atoms with E-state index in [1.165, 1.54) is 0 Å². The Morgan fingerprint density at radius 1 is 1.12 bits per heavy atom. The smallest absolute Gasteiger partial charge is 0.340 e. The molecule has 0 aliphatic heterocycles. The summed E-state index contributed by atoms with van der Waals surface area (Å²) in [6.45, 7) is 4.82. The minimum absolute atomic E-state index is 0.163. The lowest BCUT2D eigenvalue weighted by atomic mass is 10.2. The van der Waals surface area contributed by atoms with Gasteiger partial charge in [-0.1, -0.05) is 25.5 Å². The summed E-state index contributed by atoms with van der Waals surface area (Å²) in [4.78, 5) is 25.9. The zero-order valence-electron chi connectivity index (χ0n) is 15.4. The van der Waals surface area contributed by atoms with Crippen LogP contribution in [-0.4, -0.2) is 47.2 Å². The maximum atomic E-state index is 12.3. The van der Waals surface area contributed by atoms with Gasteiger partial charge in [0.15, 0.2) is 11.5 Å². The highest BCUT2D eigenvalue weighted by Gasteiger charge is 2.15. The quantitative estimate of drug-likeness (QED) is 0.731. The molecule has 26 heavy (non-hydrogen) atoms. The molecule has 0 saturated carbocycles. The number of carbonyl (C=O) groups excluding carboxylic acids is 2. The van der Waals surface area contributed by atoms with Gasteiger partial charge < -0.3 is 15.0 Å². The Bertz CT molecular complexity index is 747. The van der Waals surface area contributed by atoms with Crippen LogP contribution < -0.4 is 5.32 Å². The maximum Gasteiger partial charge on any atom is 0.340 e. The third-order valence-corrected chi connectivity index (χ3v) is 3.76. The molecule has 7 nitrogen and oxygen atoms in total. The highest BCUT2D eigenvalue weighted by Crippen LogP contribution is 2.20. The first-order valence-corrected chi connectivity index (χ1v) is 8.69. The van der Waals surface area contributed by atoms with Crippen molar-refractivity contribution < 1.29 is 14.3 Å². The lowest BCUT2D eigenvalue weighted by molar-refractivity contribution is 0.0527. The summed E-state index contributed by atoms with van der Waals surface area (Å²) in [6.07, 6.45) is 1.96. The van der Waals surface area contributed by atoms with Crippen molar-refractivity contribution in [1.82, 2.24) is 15.1 Å². The molecule has 0 spiro atoms. The molecule has 0 aliphatic carbocycles. The molecule has 1 N–H and O–H groups in total. The van der Waals surface area contributed by atoms with Gasteiger partial charge in [-0.25, -0.2) is 4.79 Å². The van der Waals surface area contributed by atoms with Gasteiger partial charge in [-0.05, 0) is 37.6 Å². The van der Waals surface area contributed by atoms with E-state index in [1.54, 1.807) is 55.3 Å². The van der Waals surface area contributed by atoms with Crippen LogP contribution in [0.5, 0.6) is 0 Å². The number of rotatable bonds is 8. The number of para-hydroxylation sites is 1. The Morgan fingerprint density at radius 3 is 2.54 bits per heavy atom. The van der Waals surface area contributed by atoms with Crippen molar-refractivity contribution in [3.05, 3.63) is 47.7 Å². The number of anilines is 2. The first-order chi connectivity index (χ1) is 12.6. The van der Waals surface area contributed by atoms with Gasteiger partial charge in [-0.2, -0.15) is 0 Å². The van der Waals surface area contributed by atoms with Crippen molar-refractivity contribution >= 4 is 23.4 Å². The lowest BCUT2D eigenvalue weighted by Gasteiger charge is -2.16. The zero-order valence-corrected chi connectivity index (χ0v) is 15.4. The van der Waals surface area contributed by atoms with Crippen molar-refractivity contribution in [2.24, 2.45) is 0 Å². The minimum atomic E-state index is -0.409. The predicted molar refractivity (Wildman–Crippen MR) is 99.6 cm³/mol. The van der Waals surface area contributed by atoms with E-state index in [-0.39, 0.29) is 11.6 Å². The monoisotopic (exact) mass is 356 g/mol. The van der Waals surface area contributed by atoms with E-state index < -0.39 is 5.97 Å². The number of amides is 1. The van der Waals surface area contributed by atoms with Crippen LogP contribution in [0.2, 0.25) is 0 Å². The number of hydrogen-bond acceptors (Lipinski definition) is 6. The van der Waals surface area contributed by atoms with Gasteiger partial charge in [0.05, 0.1) is 17.9 Å². The van der Waals surface area contributed by atoms with Gasteiger partial charge in [0.1, 0.15) is 0 Å². The normalized spacial score (nSPS) is 10.3. The SMILES string of the molecule is CCCCN(C)C(=O)c1ccc(Nc2ccccc2C(=O)OCC)nn1. The van der Waals surface area contributed by atoms with Gasteiger partial charge in [-0.15, -0.1) is 10.2 Å². The van der Waals surface area contributed by atoms with E-state index in [9.17, 15) is 9.59 Å². The van der Waals surface area contributed by atoms with Crippen LogP contribution in [0.3, 0.4) is 0 Å². The van der Waals surface area contributed by atoms with Crippen molar-refractivity contribution in [3.8, 4) is 0 Å². The minimum Gasteiger partial charge on any atom is -0.462 e. The Morgan fingerprint density at radius 2 is 1.88 bits per heavy atom. The van der Waals surface area contributed by atoms with Crippen molar-refractivity contribution in [2.75, 3.05) is 25.5 Å². The number of esters is 1. The molecule has 1 aromatic heterocycles. The van der Waals surface area contributed by atoms with Crippen LogP contribution in [0.25, 0.3) is 0 Å². The van der Waals surface area contributed by atoms with Gasteiger partial charge in [-0.3, -0.25) is 4.79 Å². The second-order valence-corrected chi connectivity index (χ2v) is 5.78. The molecular formula is C19H24N4O3. The Hall–Kier alpha value is -2.96. The summed E-state index contributed by atoms with van der Waals surface area (Å²) in [5, 5.41) is 11.1. The first kappa shape index (κ1) is 19.4. The molecule has 2 aromatic rings. The average Bonchev–Trinajstić information content (AvgIpc) is 2.66. The number of carbonyl (C=O) groups is 2. The molecule has 0 atom stereocenters. The second kappa shape index (κ2) is 9.50. The Kier molecular flexibility index (Phi) is 7.08. The number of nitrogens with zero attached hydrogens (tertiary/aromatic N) is 3. The van der Waals surface area contributed by atoms with Crippen LogP contribution >= 0.6 is 0 Å². The molecule has 0 radical (unpaired) electrons. The number of benzene rings is 1. The van der Waals surface area contributed by atoms with Gasteiger partial charge >= 0.3 is 5.97 Å². The van der Waals surface area contributed by atoms with Gasteiger partial charge in [0, 0.05) is 13.6 Å². The number of nitrogens with one attached hydrogen (secondary N) is 1. The Balaban J connectivity index is 2.10. The highest BCUT2D eigenvalue weighted by atomic mass is 16.5. The summed E-state index contributed by atoms with van der Waals surface area (Å²) in [5.41, 5.74) is 1.27. The van der Waals surface area contributed by atoms with Crippen LogP contribution in [0.15, 0.2) is 36.4 Å². The standard InChI is InChI=1S/C19H24N4O3/c1-4-6-13-23(3)18(24)16-11-12-17(22-21-16)20-15-10-8-7-9-14(15)19(25)26-5-2/h7-12H,4-6,13H2,1-3H3,(H,20,22). The van der Waals surface area contributed by atoms with E-state index in [0.29, 0.717) is 30.2 Å². The largest absolute Gasteiger partial charge is 0.462 e. The summed E-state index contributed by atoms with van der Waals surface area (Å²) in [6, 6.07) is 10.3. The topological polar surface area (TPSA) is 84.4 Å². The average molecular weight is 356 g/mol. The first-order valence-electron chi connectivity index (χ1n) is 8.69. The van der Waals surface area contributed by atoms with Crippen LogP contribution in [0.4, 0.5) is 11.5 Å². The number of aromatic nitrogens is 2. The maximum absolute atomic E-state index is 12.3. The highest BCUT2D eigenvalue weighted by molar-refractivity contribution is 5.96. The van der Waals surface area contributed by atoms with Crippen molar-refractivity contribution in [2.45, 2.75) is 26.7 Å². The second-order valence-electron chi connectivity index (χ2n) is 5.78. The van der Waals surface area contributed by atoms with Crippen molar-refractivity contribution in [3.63, 3.8) is 0 Å². The van der Waals surface area contributed by atoms with Crippen molar-refractivity contribution in [1.29, 1.82) is 0 Å². The summed E-state index contributed by atoms with van der Waals surface area (Å²) < 4.78 is 5.05. The molecule has 0 saturated heterocycles. The summed E-state index contributed by atoms with van der Waals surface area (Å²) in [5.74, 6) is -0.133. The molecule has 0 unspecified atom stereocenters. The van der Waals surface area contributed by atoms with E-state index in [2.05, 4.69) is 22.4 Å². The fraction of sp³-hybridized carbons (Fsp3) is 0.368. The molecule has 7 heteroatoms. The molecule has 0 fully saturated rings. The number of ether oxygens (including phenoxy) is 1. The molecular weight excluding hydrogens is 332 g/mol.